The van der Waals surface area contributed by atoms with E-state index in [0.29, 0.717) is 21.6 Å². The van der Waals surface area contributed by atoms with Crippen LogP contribution in [0.2, 0.25) is 5.02 Å². The lowest BCUT2D eigenvalue weighted by molar-refractivity contribution is -0.193. The van der Waals surface area contributed by atoms with Crippen molar-refractivity contribution in [3.8, 4) is 22.9 Å². The molecule has 1 heterocycles. The number of carbonyl (C=O) groups excluding carboxylic acids is 2. The van der Waals surface area contributed by atoms with Crippen molar-refractivity contribution < 1.29 is 32.2 Å². The zero-order chi connectivity index (χ0) is 27.8. The van der Waals surface area contributed by atoms with E-state index in [1.165, 1.54) is 25.1 Å². The van der Waals surface area contributed by atoms with Crippen LogP contribution in [0.3, 0.4) is 0 Å². The molecule has 4 rings (SSSR count). The number of hydrogen-bond donors (Lipinski definition) is 1. The molecule has 198 valence electrons. The number of hydrogen-bond acceptors (Lipinski definition) is 6. The van der Waals surface area contributed by atoms with Gasteiger partial charge in [0.1, 0.15) is 5.75 Å². The SMILES string of the molecule is Cc1ccc(Oc2nc3cc(-c4ccc(C(C)N(C)C)cc4)c(Cl)cc3[nH]2)cc1C(=O)OC(=O)C(F)(F)F. The predicted molar refractivity (Wildman–Crippen MR) is 136 cm³/mol. The summed E-state index contributed by atoms with van der Waals surface area (Å²) in [6.07, 6.45) is -5.29. The highest BCUT2D eigenvalue weighted by Crippen LogP contribution is 2.34. The van der Waals surface area contributed by atoms with Crippen LogP contribution in [-0.2, 0) is 9.53 Å². The van der Waals surface area contributed by atoms with E-state index in [1.807, 2.05) is 44.4 Å². The number of esters is 2. The fourth-order valence-corrected chi connectivity index (χ4v) is 3.98. The standard InChI is InChI=1S/C27H23ClF3N3O4/c1-14-5-10-18(11-19(14)24(35)38-25(36)27(29,30)31)37-26-32-22-12-20(21(28)13-23(22)33-26)17-8-6-16(7-9-17)15(2)34(3)4/h5-13,15H,1-4H3,(H,32,33). The van der Waals surface area contributed by atoms with Gasteiger partial charge in [-0.3, -0.25) is 0 Å². The Morgan fingerprint density at radius 1 is 1.05 bits per heavy atom. The van der Waals surface area contributed by atoms with Gasteiger partial charge in [-0.25, -0.2) is 9.59 Å². The number of aromatic amines is 1. The first-order valence-corrected chi connectivity index (χ1v) is 11.8. The summed E-state index contributed by atoms with van der Waals surface area (Å²) in [5, 5.41) is 0.496. The average molecular weight is 546 g/mol. The Morgan fingerprint density at radius 2 is 1.74 bits per heavy atom. The minimum Gasteiger partial charge on any atom is -0.426 e. The highest BCUT2D eigenvalue weighted by atomic mass is 35.5. The summed E-state index contributed by atoms with van der Waals surface area (Å²) in [7, 11) is 4.02. The highest BCUT2D eigenvalue weighted by Gasteiger charge is 2.42. The van der Waals surface area contributed by atoms with E-state index >= 15 is 0 Å². The molecule has 0 fully saturated rings. The molecule has 0 amide bonds. The van der Waals surface area contributed by atoms with Crippen LogP contribution >= 0.6 is 11.6 Å². The molecule has 0 saturated carbocycles. The number of benzene rings is 3. The smallest absolute Gasteiger partial charge is 0.426 e. The maximum absolute atomic E-state index is 12.5. The molecule has 3 aromatic carbocycles. The second-order valence-corrected chi connectivity index (χ2v) is 9.31. The summed E-state index contributed by atoms with van der Waals surface area (Å²) in [6, 6.07) is 16.0. The third kappa shape index (κ3) is 5.81. The van der Waals surface area contributed by atoms with Gasteiger partial charge >= 0.3 is 18.1 Å². The number of H-pyrrole nitrogens is 1. The number of nitrogens with zero attached hydrogens (tertiary/aromatic N) is 2. The zero-order valence-electron chi connectivity index (χ0n) is 20.8. The quantitative estimate of drug-likeness (QED) is 0.211. The Bertz CT molecular complexity index is 1510. The summed E-state index contributed by atoms with van der Waals surface area (Å²) < 4.78 is 47.0. The van der Waals surface area contributed by atoms with Crippen LogP contribution in [0.5, 0.6) is 11.8 Å². The number of ether oxygens (including phenoxy) is 2. The van der Waals surface area contributed by atoms with Crippen molar-refractivity contribution in [1.29, 1.82) is 0 Å². The molecule has 11 heteroatoms. The van der Waals surface area contributed by atoms with Gasteiger partial charge in [0, 0.05) is 11.6 Å². The molecule has 38 heavy (non-hydrogen) atoms. The van der Waals surface area contributed by atoms with Crippen LogP contribution in [0.15, 0.2) is 54.6 Å². The fraction of sp³-hybridized carbons (Fsp3) is 0.222. The molecule has 0 spiro atoms. The number of rotatable bonds is 6. The number of fused-ring (bicyclic) bond motifs is 1. The van der Waals surface area contributed by atoms with Gasteiger partial charge in [0.15, 0.2) is 0 Å². The first-order valence-electron chi connectivity index (χ1n) is 11.4. The minimum atomic E-state index is -5.29. The second-order valence-electron chi connectivity index (χ2n) is 8.91. The molecule has 1 unspecified atom stereocenters. The number of halogens is 4. The van der Waals surface area contributed by atoms with Gasteiger partial charge in [-0.1, -0.05) is 41.9 Å². The molecule has 0 aliphatic carbocycles. The number of aryl methyl sites for hydroxylation is 1. The molecule has 0 saturated heterocycles. The Morgan fingerprint density at radius 3 is 2.37 bits per heavy atom. The van der Waals surface area contributed by atoms with Crippen molar-refractivity contribution in [3.05, 3.63) is 76.3 Å². The first-order chi connectivity index (χ1) is 17.8. The minimum absolute atomic E-state index is 0.0675. The number of alkyl halides is 3. The highest BCUT2D eigenvalue weighted by molar-refractivity contribution is 6.34. The Hall–Kier alpha value is -3.89. The van der Waals surface area contributed by atoms with Crippen molar-refractivity contribution in [2.45, 2.75) is 26.1 Å². The summed E-state index contributed by atoms with van der Waals surface area (Å²) in [4.78, 5) is 32.7. The third-order valence-electron chi connectivity index (χ3n) is 6.09. The van der Waals surface area contributed by atoms with Crippen LogP contribution in [0.1, 0.15) is 34.5 Å². The largest absolute Gasteiger partial charge is 0.491 e. The molecule has 0 aliphatic heterocycles. The molecule has 1 atom stereocenters. The van der Waals surface area contributed by atoms with Gasteiger partial charge in [-0.05, 0) is 68.9 Å². The molecular weight excluding hydrogens is 523 g/mol. The van der Waals surface area contributed by atoms with Crippen LogP contribution < -0.4 is 4.74 Å². The fourth-order valence-electron chi connectivity index (χ4n) is 3.71. The maximum atomic E-state index is 12.5. The molecule has 0 bridgehead atoms. The summed E-state index contributed by atoms with van der Waals surface area (Å²) in [6.45, 7) is 3.60. The Balaban J connectivity index is 1.58. The van der Waals surface area contributed by atoms with E-state index in [4.69, 9.17) is 16.3 Å². The summed E-state index contributed by atoms with van der Waals surface area (Å²) in [5.41, 5.74) is 4.04. The first kappa shape index (κ1) is 27.2. The lowest BCUT2D eigenvalue weighted by Crippen LogP contribution is -2.28. The van der Waals surface area contributed by atoms with Crippen LogP contribution in [0.4, 0.5) is 13.2 Å². The van der Waals surface area contributed by atoms with Crippen molar-refractivity contribution in [3.63, 3.8) is 0 Å². The molecule has 0 radical (unpaired) electrons. The van der Waals surface area contributed by atoms with E-state index in [2.05, 4.69) is 26.5 Å². The van der Waals surface area contributed by atoms with Crippen molar-refractivity contribution in [2.24, 2.45) is 0 Å². The topological polar surface area (TPSA) is 84.5 Å². The van der Waals surface area contributed by atoms with E-state index in [-0.39, 0.29) is 23.4 Å². The Labute approximate surface area is 221 Å². The van der Waals surface area contributed by atoms with Gasteiger partial charge in [-0.2, -0.15) is 18.2 Å². The summed E-state index contributed by atoms with van der Waals surface area (Å²) in [5.74, 6) is -3.94. The van der Waals surface area contributed by atoms with Gasteiger partial charge in [0.2, 0.25) is 0 Å². The molecule has 1 aromatic heterocycles. The molecule has 4 aromatic rings. The summed E-state index contributed by atoms with van der Waals surface area (Å²) >= 11 is 6.55. The monoisotopic (exact) mass is 545 g/mol. The van der Waals surface area contributed by atoms with Gasteiger partial charge in [0.05, 0.1) is 21.6 Å². The molecule has 0 aliphatic rings. The van der Waals surface area contributed by atoms with Crippen molar-refractivity contribution in [2.75, 3.05) is 14.1 Å². The maximum Gasteiger partial charge on any atom is 0.491 e. The average Bonchev–Trinajstić information content (AvgIpc) is 3.24. The normalized spacial score (nSPS) is 12.6. The lowest BCUT2D eigenvalue weighted by Gasteiger charge is -2.20. The van der Waals surface area contributed by atoms with Crippen LogP contribution in [0, 0.1) is 6.92 Å². The number of aromatic nitrogens is 2. The molecule has 7 nitrogen and oxygen atoms in total. The second kappa shape index (κ2) is 10.5. The number of nitrogens with one attached hydrogen (secondary N) is 1. The van der Waals surface area contributed by atoms with E-state index in [1.54, 1.807) is 6.07 Å². The van der Waals surface area contributed by atoms with Crippen LogP contribution in [-0.4, -0.2) is 47.1 Å². The number of carbonyl (C=O) groups is 2. The predicted octanol–water partition coefficient (Wildman–Crippen LogP) is 6.85. The van der Waals surface area contributed by atoms with Crippen molar-refractivity contribution >= 4 is 34.6 Å². The van der Waals surface area contributed by atoms with Gasteiger partial charge in [0.25, 0.3) is 6.01 Å². The van der Waals surface area contributed by atoms with E-state index < -0.39 is 18.1 Å². The van der Waals surface area contributed by atoms with Gasteiger partial charge < -0.3 is 19.4 Å². The van der Waals surface area contributed by atoms with Crippen LogP contribution in [0.25, 0.3) is 22.2 Å². The van der Waals surface area contributed by atoms with E-state index in [0.717, 1.165) is 16.7 Å². The molecular formula is C27H23ClF3N3O4. The van der Waals surface area contributed by atoms with Gasteiger partial charge in [-0.15, -0.1) is 0 Å². The Kier molecular flexibility index (Phi) is 7.48. The molecule has 1 N–H and O–H groups in total. The lowest BCUT2D eigenvalue weighted by atomic mass is 10.0. The zero-order valence-corrected chi connectivity index (χ0v) is 21.6. The third-order valence-corrected chi connectivity index (χ3v) is 6.40. The van der Waals surface area contributed by atoms with E-state index in [9.17, 15) is 22.8 Å². The van der Waals surface area contributed by atoms with Crippen molar-refractivity contribution in [1.82, 2.24) is 14.9 Å². The number of imidazole rings is 1.